The van der Waals surface area contributed by atoms with Gasteiger partial charge in [-0.1, -0.05) is 20.8 Å². The SMILES string of the molecule is CC(C)(C)c1cc(O)c(SO)c(O)c1. The van der Waals surface area contributed by atoms with Gasteiger partial charge in [0.25, 0.3) is 0 Å². The van der Waals surface area contributed by atoms with Crippen molar-refractivity contribution in [2.75, 3.05) is 0 Å². The molecule has 0 saturated heterocycles. The fourth-order valence-electron chi connectivity index (χ4n) is 1.13. The third kappa shape index (κ3) is 2.13. The highest BCUT2D eigenvalue weighted by molar-refractivity contribution is 7.94. The molecule has 0 aromatic heterocycles. The molecule has 0 aliphatic carbocycles. The molecule has 0 heterocycles. The third-order valence-electron chi connectivity index (χ3n) is 2.01. The van der Waals surface area contributed by atoms with Crippen LogP contribution in [0.3, 0.4) is 0 Å². The minimum absolute atomic E-state index is 0.0950. The van der Waals surface area contributed by atoms with E-state index in [4.69, 9.17) is 4.55 Å². The molecule has 0 fully saturated rings. The number of aromatic hydroxyl groups is 2. The molecule has 3 nitrogen and oxygen atoms in total. The maximum atomic E-state index is 9.49. The standard InChI is InChI=1S/C10H14O3S/c1-10(2,3)6-4-7(11)9(14-13)8(12)5-6/h4-5,11-13H,1-3H3. The summed E-state index contributed by atoms with van der Waals surface area (Å²) in [7, 11) is 0. The predicted molar refractivity (Wildman–Crippen MR) is 57.0 cm³/mol. The average molecular weight is 214 g/mol. The van der Waals surface area contributed by atoms with Crippen LogP contribution in [0, 0.1) is 0 Å². The van der Waals surface area contributed by atoms with Gasteiger partial charge in [-0.25, -0.2) is 0 Å². The second-order valence-electron chi connectivity index (χ2n) is 4.18. The lowest BCUT2D eigenvalue weighted by Crippen LogP contribution is -2.10. The highest BCUT2D eigenvalue weighted by Crippen LogP contribution is 2.39. The minimum atomic E-state index is -0.145. The summed E-state index contributed by atoms with van der Waals surface area (Å²) in [5.74, 6) is -0.190. The fourth-order valence-corrected chi connectivity index (χ4v) is 1.43. The topological polar surface area (TPSA) is 60.7 Å². The summed E-state index contributed by atoms with van der Waals surface area (Å²) in [6.07, 6.45) is 0. The van der Waals surface area contributed by atoms with Crippen molar-refractivity contribution in [3.05, 3.63) is 17.7 Å². The molecule has 14 heavy (non-hydrogen) atoms. The highest BCUT2D eigenvalue weighted by Gasteiger charge is 2.18. The van der Waals surface area contributed by atoms with Crippen LogP contribution in [0.1, 0.15) is 26.3 Å². The summed E-state index contributed by atoms with van der Waals surface area (Å²) in [4.78, 5) is 0.0954. The van der Waals surface area contributed by atoms with Crippen molar-refractivity contribution in [3.8, 4) is 11.5 Å². The lowest BCUT2D eigenvalue weighted by Gasteiger charge is -2.20. The summed E-state index contributed by atoms with van der Waals surface area (Å²) in [5, 5.41) is 19.0. The molecule has 1 aromatic rings. The van der Waals surface area contributed by atoms with Crippen molar-refractivity contribution in [3.63, 3.8) is 0 Å². The van der Waals surface area contributed by atoms with Crippen molar-refractivity contribution in [2.24, 2.45) is 0 Å². The molecule has 1 aromatic carbocycles. The van der Waals surface area contributed by atoms with Crippen LogP contribution in [-0.2, 0) is 5.41 Å². The van der Waals surface area contributed by atoms with Crippen molar-refractivity contribution in [1.82, 2.24) is 0 Å². The van der Waals surface area contributed by atoms with Crippen LogP contribution in [0.25, 0.3) is 0 Å². The Morgan fingerprint density at radius 3 is 1.79 bits per heavy atom. The van der Waals surface area contributed by atoms with E-state index in [2.05, 4.69) is 0 Å². The molecule has 0 atom stereocenters. The fraction of sp³-hybridized carbons (Fsp3) is 0.400. The quantitative estimate of drug-likeness (QED) is 0.629. The first-order valence-electron chi connectivity index (χ1n) is 4.24. The zero-order valence-electron chi connectivity index (χ0n) is 8.40. The smallest absolute Gasteiger partial charge is 0.135 e. The monoisotopic (exact) mass is 214 g/mol. The largest absolute Gasteiger partial charge is 0.507 e. The van der Waals surface area contributed by atoms with Crippen LogP contribution in [0.5, 0.6) is 11.5 Å². The Labute approximate surface area is 87.6 Å². The van der Waals surface area contributed by atoms with E-state index in [0.29, 0.717) is 12.0 Å². The molecule has 3 N–H and O–H groups in total. The van der Waals surface area contributed by atoms with E-state index < -0.39 is 0 Å². The first-order valence-corrected chi connectivity index (χ1v) is 5.01. The molecule has 0 aliphatic heterocycles. The normalized spacial score (nSPS) is 11.7. The van der Waals surface area contributed by atoms with E-state index in [9.17, 15) is 10.2 Å². The molecular weight excluding hydrogens is 200 g/mol. The molecule has 78 valence electrons. The Kier molecular flexibility index (Phi) is 2.97. The van der Waals surface area contributed by atoms with Crippen molar-refractivity contribution in [1.29, 1.82) is 0 Å². The second kappa shape index (κ2) is 3.71. The number of benzene rings is 1. The lowest BCUT2D eigenvalue weighted by molar-refractivity contribution is 0.420. The Balaban J connectivity index is 3.28. The van der Waals surface area contributed by atoms with Crippen molar-refractivity contribution in [2.45, 2.75) is 31.1 Å². The van der Waals surface area contributed by atoms with Gasteiger partial charge in [-0.05, 0) is 23.1 Å². The molecule has 0 unspecified atom stereocenters. The molecular formula is C10H14O3S. The van der Waals surface area contributed by atoms with Gasteiger partial charge < -0.3 is 14.8 Å². The van der Waals surface area contributed by atoms with Gasteiger partial charge in [0.1, 0.15) is 16.4 Å². The Morgan fingerprint density at radius 1 is 1.07 bits per heavy atom. The van der Waals surface area contributed by atoms with Gasteiger partial charge >= 0.3 is 0 Å². The number of phenolic OH excluding ortho intramolecular Hbond substituents is 2. The zero-order valence-corrected chi connectivity index (χ0v) is 9.22. The van der Waals surface area contributed by atoms with Crippen LogP contribution < -0.4 is 0 Å². The van der Waals surface area contributed by atoms with Crippen LogP contribution in [0.15, 0.2) is 17.0 Å². The average Bonchev–Trinajstić information content (AvgIpc) is 2.01. The number of phenols is 2. The van der Waals surface area contributed by atoms with Gasteiger partial charge in [0.2, 0.25) is 0 Å². The first-order chi connectivity index (χ1) is 6.36. The maximum Gasteiger partial charge on any atom is 0.135 e. The summed E-state index contributed by atoms with van der Waals surface area (Å²) < 4.78 is 8.79. The maximum absolute atomic E-state index is 9.49. The molecule has 0 saturated carbocycles. The first kappa shape index (κ1) is 11.2. The Morgan fingerprint density at radius 2 is 1.50 bits per heavy atom. The predicted octanol–water partition coefficient (Wildman–Crippen LogP) is 2.96. The summed E-state index contributed by atoms with van der Waals surface area (Å²) >= 11 is 0.341. The number of hydrogen-bond acceptors (Lipinski definition) is 4. The van der Waals surface area contributed by atoms with Crippen LogP contribution in [0.2, 0.25) is 0 Å². The van der Waals surface area contributed by atoms with Gasteiger partial charge in [0.15, 0.2) is 0 Å². The van der Waals surface area contributed by atoms with Gasteiger partial charge in [-0.3, -0.25) is 0 Å². The number of rotatable bonds is 1. The molecule has 0 radical (unpaired) electrons. The second-order valence-corrected chi connectivity index (χ2v) is 4.78. The van der Waals surface area contributed by atoms with Gasteiger partial charge in [0, 0.05) is 12.0 Å². The molecule has 0 aliphatic rings. The van der Waals surface area contributed by atoms with Crippen molar-refractivity contribution >= 4 is 12.0 Å². The highest BCUT2D eigenvalue weighted by atomic mass is 32.2. The molecule has 4 heteroatoms. The Hall–Kier alpha value is -0.870. The van der Waals surface area contributed by atoms with E-state index in [0.717, 1.165) is 5.56 Å². The van der Waals surface area contributed by atoms with Gasteiger partial charge in [0.05, 0.1) is 0 Å². The molecule has 1 rings (SSSR count). The minimum Gasteiger partial charge on any atom is -0.507 e. The van der Waals surface area contributed by atoms with E-state index in [1.165, 1.54) is 0 Å². The summed E-state index contributed by atoms with van der Waals surface area (Å²) in [6, 6.07) is 3.11. The molecule has 0 spiro atoms. The van der Waals surface area contributed by atoms with E-state index >= 15 is 0 Å². The van der Waals surface area contributed by atoms with E-state index in [-0.39, 0.29) is 21.8 Å². The van der Waals surface area contributed by atoms with Crippen LogP contribution >= 0.6 is 12.0 Å². The molecule has 0 bridgehead atoms. The summed E-state index contributed by atoms with van der Waals surface area (Å²) in [5.41, 5.74) is 0.679. The Bertz CT molecular complexity index is 319. The van der Waals surface area contributed by atoms with Crippen LogP contribution in [0.4, 0.5) is 0 Å². The van der Waals surface area contributed by atoms with Crippen LogP contribution in [-0.4, -0.2) is 14.8 Å². The third-order valence-corrected chi connectivity index (χ3v) is 2.61. The lowest BCUT2D eigenvalue weighted by atomic mass is 9.87. The van der Waals surface area contributed by atoms with Gasteiger partial charge in [-0.2, -0.15) is 0 Å². The molecule has 0 amide bonds. The van der Waals surface area contributed by atoms with Gasteiger partial charge in [-0.15, -0.1) is 0 Å². The van der Waals surface area contributed by atoms with E-state index in [1.807, 2.05) is 20.8 Å². The number of hydrogen-bond donors (Lipinski definition) is 3. The van der Waals surface area contributed by atoms with E-state index in [1.54, 1.807) is 12.1 Å². The van der Waals surface area contributed by atoms with Crippen molar-refractivity contribution < 1.29 is 14.8 Å². The summed E-state index contributed by atoms with van der Waals surface area (Å²) in [6.45, 7) is 5.94. The zero-order chi connectivity index (χ0) is 10.9.